The number of benzene rings is 2. The van der Waals surface area contributed by atoms with Crippen molar-refractivity contribution in [1.29, 1.82) is 0 Å². The Bertz CT molecular complexity index is 1150. The lowest BCUT2D eigenvalue weighted by molar-refractivity contribution is -0.118. The molecule has 0 aliphatic carbocycles. The molecule has 0 bridgehead atoms. The lowest BCUT2D eigenvalue weighted by atomic mass is 10.2. The Kier molecular flexibility index (Phi) is 7.73. The van der Waals surface area contributed by atoms with Gasteiger partial charge in [0, 0.05) is 23.7 Å². The molecule has 0 unspecified atom stereocenters. The molecule has 2 heterocycles. The summed E-state index contributed by atoms with van der Waals surface area (Å²) in [4.78, 5) is 27.7. The van der Waals surface area contributed by atoms with Gasteiger partial charge in [0.05, 0.1) is 32.6 Å². The molecule has 2 amide bonds. The number of halogens is 1. The highest BCUT2D eigenvalue weighted by Gasteiger charge is 2.16. The molecule has 2 aromatic carbocycles. The van der Waals surface area contributed by atoms with Crippen LogP contribution in [0.4, 0.5) is 20.6 Å². The predicted molar refractivity (Wildman–Crippen MR) is 128 cm³/mol. The van der Waals surface area contributed by atoms with E-state index in [0.29, 0.717) is 48.5 Å². The molecule has 8 nitrogen and oxygen atoms in total. The van der Waals surface area contributed by atoms with E-state index in [0.717, 1.165) is 10.4 Å². The van der Waals surface area contributed by atoms with Crippen LogP contribution in [0, 0.1) is 5.82 Å². The van der Waals surface area contributed by atoms with Crippen molar-refractivity contribution in [1.82, 2.24) is 4.90 Å². The van der Waals surface area contributed by atoms with E-state index in [1.54, 1.807) is 42.5 Å². The summed E-state index contributed by atoms with van der Waals surface area (Å²) >= 11 is 1.27. The maximum absolute atomic E-state index is 13.1. The fourth-order valence-electron chi connectivity index (χ4n) is 3.41. The maximum atomic E-state index is 13.1. The topological polar surface area (TPSA) is 89.1 Å². The molecule has 0 saturated carbocycles. The van der Waals surface area contributed by atoms with Crippen LogP contribution < -0.4 is 20.1 Å². The molecule has 1 fully saturated rings. The van der Waals surface area contributed by atoms with Crippen LogP contribution in [0.2, 0.25) is 0 Å². The number of ether oxygens (including phenoxy) is 3. The average Bonchev–Trinajstić information content (AvgIpc) is 3.28. The Morgan fingerprint density at radius 2 is 1.82 bits per heavy atom. The van der Waals surface area contributed by atoms with E-state index in [1.165, 1.54) is 30.6 Å². The second-order valence-electron chi connectivity index (χ2n) is 7.49. The molecule has 3 aromatic rings. The van der Waals surface area contributed by atoms with Gasteiger partial charge in [0.2, 0.25) is 5.91 Å². The molecule has 4 rings (SSSR count). The second kappa shape index (κ2) is 11.1. The first-order chi connectivity index (χ1) is 16.5. The van der Waals surface area contributed by atoms with Gasteiger partial charge in [-0.1, -0.05) is 23.5 Å². The minimum absolute atomic E-state index is 0.188. The molecule has 178 valence electrons. The summed E-state index contributed by atoms with van der Waals surface area (Å²) in [6.45, 7) is 2.84. The van der Waals surface area contributed by atoms with Crippen molar-refractivity contribution in [2.24, 2.45) is 0 Å². The molecule has 1 saturated heterocycles. The van der Waals surface area contributed by atoms with Gasteiger partial charge in [0.15, 0.2) is 5.06 Å². The zero-order valence-corrected chi connectivity index (χ0v) is 19.3. The van der Waals surface area contributed by atoms with Crippen LogP contribution in [0.25, 0.3) is 10.4 Å². The van der Waals surface area contributed by atoms with Crippen molar-refractivity contribution in [2.45, 2.75) is 0 Å². The van der Waals surface area contributed by atoms with Crippen molar-refractivity contribution in [3.05, 3.63) is 60.4 Å². The third-order valence-electron chi connectivity index (χ3n) is 5.09. The van der Waals surface area contributed by atoms with Gasteiger partial charge < -0.3 is 19.5 Å². The summed E-state index contributed by atoms with van der Waals surface area (Å²) in [5, 5.41) is 5.88. The van der Waals surface area contributed by atoms with Crippen molar-refractivity contribution in [3.63, 3.8) is 0 Å². The minimum Gasteiger partial charge on any atom is -0.495 e. The molecular weight excluding hydrogens is 461 g/mol. The number of methoxy groups -OCH3 is 1. The van der Waals surface area contributed by atoms with Crippen LogP contribution in [0.3, 0.4) is 0 Å². The van der Waals surface area contributed by atoms with E-state index in [9.17, 15) is 14.0 Å². The molecule has 1 aromatic heterocycles. The number of morpholine rings is 1. The number of nitrogens with zero attached hydrogens (tertiary/aromatic N) is 1. The molecule has 0 radical (unpaired) electrons. The Morgan fingerprint density at radius 1 is 1.06 bits per heavy atom. The second-order valence-corrected chi connectivity index (χ2v) is 8.54. The number of hydrogen-bond donors (Lipinski definition) is 2. The van der Waals surface area contributed by atoms with Crippen LogP contribution in [0.15, 0.2) is 54.6 Å². The largest absolute Gasteiger partial charge is 0.495 e. The number of carbonyl (C=O) groups is 2. The fraction of sp³-hybridized carbons (Fsp3) is 0.250. The molecule has 1 aliphatic rings. The molecule has 34 heavy (non-hydrogen) atoms. The Balaban J connectivity index is 1.37. The van der Waals surface area contributed by atoms with E-state index < -0.39 is 6.09 Å². The number of hydrogen-bond acceptors (Lipinski definition) is 7. The fourth-order valence-corrected chi connectivity index (χ4v) is 4.27. The number of nitrogens with one attached hydrogen (secondary N) is 2. The lowest BCUT2D eigenvalue weighted by Gasteiger charge is -2.26. The van der Waals surface area contributed by atoms with Gasteiger partial charge in [-0.2, -0.15) is 0 Å². The first-order valence-corrected chi connectivity index (χ1v) is 11.4. The summed E-state index contributed by atoms with van der Waals surface area (Å²) < 4.78 is 29.1. The average molecular weight is 486 g/mol. The van der Waals surface area contributed by atoms with Crippen LogP contribution in [0.1, 0.15) is 0 Å². The quantitative estimate of drug-likeness (QED) is 0.514. The number of rotatable bonds is 7. The summed E-state index contributed by atoms with van der Waals surface area (Å²) in [7, 11) is 1.50. The molecule has 1 aliphatic heterocycles. The van der Waals surface area contributed by atoms with Gasteiger partial charge in [-0.05, 0) is 48.0 Å². The Labute approximate surface area is 200 Å². The van der Waals surface area contributed by atoms with E-state index in [-0.39, 0.29) is 18.3 Å². The zero-order chi connectivity index (χ0) is 23.9. The SMILES string of the molecule is COc1ccc(NC(=O)Oc2ccc(-c3ccc(F)cc3)s2)cc1NC(=O)CN1CCOCC1. The standard InChI is InChI=1S/C24H24FN3O5S/c1-31-20-7-6-18(14-19(20)27-22(29)15-28-10-12-32-13-11-28)26-24(30)33-23-9-8-21(34-23)16-2-4-17(25)5-3-16/h2-9,14H,10-13,15H2,1H3,(H,26,30)(H,27,29). The van der Waals surface area contributed by atoms with Crippen molar-refractivity contribution in [2.75, 3.05) is 50.6 Å². The molecular formula is C24H24FN3O5S. The summed E-state index contributed by atoms with van der Waals surface area (Å²) in [6, 6.07) is 14.5. The highest BCUT2D eigenvalue weighted by Crippen LogP contribution is 2.33. The van der Waals surface area contributed by atoms with Crippen LogP contribution >= 0.6 is 11.3 Å². The minimum atomic E-state index is -0.678. The van der Waals surface area contributed by atoms with Crippen LogP contribution in [-0.2, 0) is 9.53 Å². The van der Waals surface area contributed by atoms with Gasteiger partial charge in [-0.3, -0.25) is 15.0 Å². The van der Waals surface area contributed by atoms with E-state index in [1.807, 2.05) is 4.90 Å². The summed E-state index contributed by atoms with van der Waals surface area (Å²) in [5.41, 5.74) is 1.70. The van der Waals surface area contributed by atoms with Gasteiger partial charge >= 0.3 is 6.09 Å². The van der Waals surface area contributed by atoms with Gasteiger partial charge in [-0.15, -0.1) is 0 Å². The van der Waals surface area contributed by atoms with Gasteiger partial charge in [0.1, 0.15) is 11.6 Å². The highest BCUT2D eigenvalue weighted by atomic mass is 32.1. The van der Waals surface area contributed by atoms with E-state index >= 15 is 0 Å². The van der Waals surface area contributed by atoms with Crippen LogP contribution in [-0.4, -0.2) is 56.9 Å². The van der Waals surface area contributed by atoms with Gasteiger partial charge in [0.25, 0.3) is 0 Å². The highest BCUT2D eigenvalue weighted by molar-refractivity contribution is 7.17. The zero-order valence-electron chi connectivity index (χ0n) is 18.5. The Morgan fingerprint density at radius 3 is 2.56 bits per heavy atom. The van der Waals surface area contributed by atoms with E-state index in [2.05, 4.69) is 10.6 Å². The lowest BCUT2D eigenvalue weighted by Crippen LogP contribution is -2.41. The van der Waals surface area contributed by atoms with Crippen molar-refractivity contribution in [3.8, 4) is 21.3 Å². The first kappa shape index (κ1) is 23.7. The maximum Gasteiger partial charge on any atom is 0.417 e. The van der Waals surface area contributed by atoms with Crippen molar-refractivity contribution >= 4 is 34.7 Å². The predicted octanol–water partition coefficient (Wildman–Crippen LogP) is 4.44. The summed E-state index contributed by atoms with van der Waals surface area (Å²) in [5.74, 6) is -0.0319. The van der Waals surface area contributed by atoms with Gasteiger partial charge in [-0.25, -0.2) is 9.18 Å². The first-order valence-electron chi connectivity index (χ1n) is 10.6. The number of anilines is 2. The smallest absolute Gasteiger partial charge is 0.417 e. The van der Waals surface area contributed by atoms with Crippen molar-refractivity contribution < 1.29 is 28.2 Å². The molecule has 0 spiro atoms. The third-order valence-corrected chi connectivity index (χ3v) is 6.11. The Hall–Kier alpha value is -3.47. The normalized spacial score (nSPS) is 13.8. The molecule has 0 atom stereocenters. The summed E-state index contributed by atoms with van der Waals surface area (Å²) in [6.07, 6.45) is -0.678. The number of carbonyl (C=O) groups excluding carboxylic acids is 2. The number of amides is 2. The van der Waals surface area contributed by atoms with Crippen LogP contribution in [0.5, 0.6) is 10.8 Å². The monoisotopic (exact) mass is 485 g/mol. The molecule has 2 N–H and O–H groups in total. The molecule has 10 heteroatoms. The van der Waals surface area contributed by atoms with E-state index in [4.69, 9.17) is 14.2 Å². The third kappa shape index (κ3) is 6.31. The number of thiophene rings is 1.